The van der Waals surface area contributed by atoms with Crippen LogP contribution in [0.2, 0.25) is 10.0 Å². The Morgan fingerprint density at radius 2 is 1.86 bits per heavy atom. The molecule has 1 amide bonds. The first-order valence-electron chi connectivity index (χ1n) is 7.52. The maximum Gasteiger partial charge on any atom is 0.281 e. The number of nitrogens with zero attached hydrogens (tertiary/aromatic N) is 5. The van der Waals surface area contributed by atoms with Gasteiger partial charge in [-0.2, -0.15) is 25.6 Å². The van der Waals surface area contributed by atoms with Crippen molar-refractivity contribution in [2.24, 2.45) is 20.5 Å². The van der Waals surface area contributed by atoms with Gasteiger partial charge in [0, 0.05) is 0 Å². The average molecular weight is 437 g/mol. The van der Waals surface area contributed by atoms with Crippen molar-refractivity contribution in [2.45, 2.75) is 10.9 Å². The predicted octanol–water partition coefficient (Wildman–Crippen LogP) is 3.02. The average Bonchev–Trinajstić information content (AvgIpc) is 2.97. The fourth-order valence-electron chi connectivity index (χ4n) is 2.32. The van der Waals surface area contributed by atoms with Gasteiger partial charge >= 0.3 is 0 Å². The van der Waals surface area contributed by atoms with Crippen molar-refractivity contribution >= 4 is 56.2 Å². The molecule has 0 bridgehead atoms. The first kappa shape index (κ1) is 19.9. The van der Waals surface area contributed by atoms with Crippen molar-refractivity contribution in [1.29, 1.82) is 5.26 Å². The molecule has 28 heavy (non-hydrogen) atoms. The van der Waals surface area contributed by atoms with Gasteiger partial charge in [0.2, 0.25) is 16.1 Å². The Balaban J connectivity index is 1.93. The van der Waals surface area contributed by atoms with Crippen LogP contribution in [0, 0.1) is 11.3 Å². The number of azo groups is 1. The fourth-order valence-corrected chi connectivity index (χ4v) is 3.68. The van der Waals surface area contributed by atoms with E-state index in [2.05, 4.69) is 15.3 Å². The van der Waals surface area contributed by atoms with Crippen molar-refractivity contribution in [1.82, 2.24) is 0 Å². The number of nitrogens with two attached hydrogens (primary N) is 1. The minimum absolute atomic E-state index is 0.00215. The lowest BCUT2D eigenvalue weighted by Gasteiger charge is -2.11. The largest absolute Gasteiger partial charge is 0.281 e. The zero-order chi connectivity index (χ0) is 20.5. The number of sulfonamides is 1. The lowest BCUT2D eigenvalue weighted by atomic mass is 10.2. The lowest BCUT2D eigenvalue weighted by molar-refractivity contribution is -0.117. The van der Waals surface area contributed by atoms with Crippen molar-refractivity contribution < 1.29 is 13.2 Å². The Kier molecular flexibility index (Phi) is 5.44. The van der Waals surface area contributed by atoms with E-state index in [0.717, 1.165) is 17.1 Å². The number of rotatable bonds is 4. The number of anilines is 1. The molecule has 2 aromatic carbocycles. The van der Waals surface area contributed by atoms with E-state index >= 15 is 0 Å². The van der Waals surface area contributed by atoms with Crippen molar-refractivity contribution in [3.8, 4) is 6.07 Å². The third-order valence-electron chi connectivity index (χ3n) is 3.61. The molecular weight excluding hydrogens is 427 g/mol. The van der Waals surface area contributed by atoms with Gasteiger partial charge in [-0.1, -0.05) is 41.4 Å². The van der Waals surface area contributed by atoms with Gasteiger partial charge in [-0.15, -0.1) is 0 Å². The minimum Gasteiger partial charge on any atom is -0.269 e. The normalized spacial score (nSPS) is 17.1. The monoisotopic (exact) mass is 436 g/mol. The van der Waals surface area contributed by atoms with Gasteiger partial charge in [-0.3, -0.25) is 4.79 Å². The topological polar surface area (TPSA) is 141 Å². The molecule has 0 saturated heterocycles. The predicted molar refractivity (Wildman–Crippen MR) is 103 cm³/mol. The van der Waals surface area contributed by atoms with Gasteiger partial charge < -0.3 is 0 Å². The molecule has 1 unspecified atom stereocenters. The summed E-state index contributed by atoms with van der Waals surface area (Å²) in [7, 11) is -4.07. The van der Waals surface area contributed by atoms with E-state index in [-0.39, 0.29) is 26.3 Å². The first-order chi connectivity index (χ1) is 13.2. The number of primary sulfonamides is 1. The van der Waals surface area contributed by atoms with Crippen LogP contribution in [-0.2, 0) is 14.8 Å². The Labute approximate surface area is 169 Å². The highest BCUT2D eigenvalue weighted by Gasteiger charge is 2.37. The summed E-state index contributed by atoms with van der Waals surface area (Å²) in [6.45, 7) is 0. The fraction of sp³-hybridized carbons (Fsp3) is 0.0625. The van der Waals surface area contributed by atoms with Crippen LogP contribution in [0.3, 0.4) is 0 Å². The number of amides is 1. The number of hydrogen-bond acceptors (Lipinski definition) is 7. The van der Waals surface area contributed by atoms with Crippen LogP contribution >= 0.6 is 23.2 Å². The number of carbonyl (C=O) groups is 1. The number of hydrogen-bond donors (Lipinski definition) is 1. The molecule has 142 valence electrons. The second kappa shape index (κ2) is 7.65. The summed E-state index contributed by atoms with van der Waals surface area (Å²) in [4.78, 5) is 12.2. The summed E-state index contributed by atoms with van der Waals surface area (Å²) in [5.41, 5.74) is 0.319. The first-order valence-corrected chi connectivity index (χ1v) is 9.83. The maximum atomic E-state index is 12.6. The highest BCUT2D eigenvalue weighted by molar-refractivity contribution is 7.89. The summed E-state index contributed by atoms with van der Waals surface area (Å²) in [5, 5.41) is 26.7. The highest BCUT2D eigenvalue weighted by Crippen LogP contribution is 2.34. The molecule has 2 aromatic rings. The van der Waals surface area contributed by atoms with Gasteiger partial charge in [-0.05, 0) is 24.3 Å². The minimum atomic E-state index is -4.07. The third kappa shape index (κ3) is 3.88. The second-order valence-corrected chi connectivity index (χ2v) is 7.82. The molecular formula is C16H10Cl2N6O3S. The van der Waals surface area contributed by atoms with Gasteiger partial charge in [0.1, 0.15) is 16.7 Å². The summed E-state index contributed by atoms with van der Waals surface area (Å²) >= 11 is 11.9. The zero-order valence-electron chi connectivity index (χ0n) is 13.8. The molecule has 0 aromatic heterocycles. The van der Waals surface area contributed by atoms with Crippen LogP contribution in [0.5, 0.6) is 0 Å². The van der Waals surface area contributed by atoms with Crippen molar-refractivity contribution in [3.05, 3.63) is 52.5 Å². The number of para-hydroxylation sites is 1. The molecule has 0 radical (unpaired) electrons. The molecule has 1 atom stereocenters. The van der Waals surface area contributed by atoms with Crippen LogP contribution in [0.25, 0.3) is 0 Å². The van der Waals surface area contributed by atoms with E-state index in [4.69, 9.17) is 28.3 Å². The quantitative estimate of drug-likeness (QED) is 0.734. The third-order valence-corrected chi connectivity index (χ3v) is 5.29. The van der Waals surface area contributed by atoms with Gasteiger partial charge in [-0.25, -0.2) is 13.6 Å². The summed E-state index contributed by atoms with van der Waals surface area (Å²) in [6, 6.07) is 11.2. The molecule has 1 aliphatic rings. The van der Waals surface area contributed by atoms with E-state index in [1.54, 1.807) is 30.3 Å². The van der Waals surface area contributed by atoms with E-state index < -0.39 is 22.0 Å². The highest BCUT2D eigenvalue weighted by atomic mass is 35.5. The molecule has 0 aliphatic carbocycles. The number of carbonyl (C=O) groups excluding carboxylic acids is 1. The molecule has 3 rings (SSSR count). The lowest BCUT2D eigenvalue weighted by Crippen LogP contribution is -2.30. The van der Waals surface area contributed by atoms with Gasteiger partial charge in [0.05, 0.1) is 15.7 Å². The van der Waals surface area contributed by atoms with E-state index in [1.165, 1.54) is 0 Å². The SMILES string of the molecule is N#CC1=NN(c2ccccc2)C(=O)C1N=Nc1cc(Cl)c(S(N)(=O)=O)cc1Cl. The van der Waals surface area contributed by atoms with Gasteiger partial charge in [0.25, 0.3) is 5.91 Å². The van der Waals surface area contributed by atoms with E-state index in [1.807, 2.05) is 6.07 Å². The molecule has 2 N–H and O–H groups in total. The molecule has 0 spiro atoms. The number of hydrazone groups is 1. The maximum absolute atomic E-state index is 12.6. The molecule has 1 heterocycles. The Morgan fingerprint density at radius 3 is 2.46 bits per heavy atom. The van der Waals surface area contributed by atoms with E-state index in [0.29, 0.717) is 5.69 Å². The summed E-state index contributed by atoms with van der Waals surface area (Å²) in [5.74, 6) is -0.574. The van der Waals surface area contributed by atoms with Crippen molar-refractivity contribution in [3.63, 3.8) is 0 Å². The van der Waals surface area contributed by atoms with E-state index in [9.17, 15) is 18.5 Å². The van der Waals surface area contributed by atoms with Crippen LogP contribution in [0.4, 0.5) is 11.4 Å². The summed E-state index contributed by atoms with van der Waals surface area (Å²) < 4.78 is 22.9. The van der Waals surface area contributed by atoms with Crippen LogP contribution in [-0.4, -0.2) is 26.1 Å². The zero-order valence-corrected chi connectivity index (χ0v) is 16.1. The number of benzene rings is 2. The second-order valence-electron chi connectivity index (χ2n) is 5.48. The smallest absolute Gasteiger partial charge is 0.269 e. The standard InChI is InChI=1S/C16H10Cl2N6O3S/c17-10-7-14(28(20,26)27)11(18)6-12(10)21-22-15-13(8-19)23-24(16(15)25)9-4-2-1-3-5-9/h1-7,15H,(H2,20,26,27). The van der Waals surface area contributed by atoms with Crippen LogP contribution in [0.15, 0.2) is 62.7 Å². The Morgan fingerprint density at radius 1 is 1.18 bits per heavy atom. The molecule has 12 heteroatoms. The van der Waals surface area contributed by atoms with Crippen molar-refractivity contribution in [2.75, 3.05) is 5.01 Å². The summed E-state index contributed by atoms with van der Waals surface area (Å²) in [6.07, 6.45) is 0. The van der Waals surface area contributed by atoms with Crippen LogP contribution in [0.1, 0.15) is 0 Å². The molecule has 0 fully saturated rings. The molecule has 1 aliphatic heterocycles. The Hall–Kier alpha value is -2.84. The molecule has 0 saturated carbocycles. The number of nitriles is 1. The van der Waals surface area contributed by atoms with Crippen LogP contribution < -0.4 is 10.1 Å². The molecule has 9 nitrogen and oxygen atoms in total. The van der Waals surface area contributed by atoms with Gasteiger partial charge in [0.15, 0.2) is 5.71 Å². The number of halogens is 2. The Bertz CT molecular complexity index is 1160.